The molecule has 0 unspecified atom stereocenters. The van der Waals surface area contributed by atoms with Crippen LogP contribution in [0.25, 0.3) is 0 Å². The third-order valence-electron chi connectivity index (χ3n) is 3.05. The standard InChI is InChI=1S/C13H15BrClN3O2/c14-10-7-9(1-2-11(10)15)13(20)17-8-12(19)18-5-3-16-4-6-18/h1-2,7,16H,3-6,8H2,(H,17,20). The fourth-order valence-electron chi connectivity index (χ4n) is 1.92. The minimum absolute atomic E-state index is 0.0130. The monoisotopic (exact) mass is 359 g/mol. The highest BCUT2D eigenvalue weighted by Crippen LogP contribution is 2.23. The molecular weight excluding hydrogens is 346 g/mol. The van der Waals surface area contributed by atoms with E-state index < -0.39 is 0 Å². The second-order valence-corrected chi connectivity index (χ2v) is 5.70. The summed E-state index contributed by atoms with van der Waals surface area (Å²) >= 11 is 9.13. The number of benzene rings is 1. The predicted octanol–water partition coefficient (Wildman–Crippen LogP) is 1.26. The number of hydrogen-bond donors (Lipinski definition) is 2. The van der Waals surface area contributed by atoms with E-state index in [1.165, 1.54) is 0 Å². The molecule has 1 aliphatic rings. The first-order valence-electron chi connectivity index (χ1n) is 6.29. The maximum Gasteiger partial charge on any atom is 0.251 e. The van der Waals surface area contributed by atoms with Gasteiger partial charge in [-0.2, -0.15) is 0 Å². The number of nitrogens with one attached hydrogen (secondary N) is 2. The van der Waals surface area contributed by atoms with Crippen molar-refractivity contribution in [2.75, 3.05) is 32.7 Å². The lowest BCUT2D eigenvalue weighted by Crippen LogP contribution is -2.49. The minimum atomic E-state index is -0.286. The van der Waals surface area contributed by atoms with Gasteiger partial charge in [0, 0.05) is 36.2 Å². The molecule has 2 rings (SSSR count). The molecule has 2 N–H and O–H groups in total. The van der Waals surface area contributed by atoms with Gasteiger partial charge in [-0.05, 0) is 34.1 Å². The third-order valence-corrected chi connectivity index (χ3v) is 4.27. The number of hydrogen-bond acceptors (Lipinski definition) is 3. The molecule has 0 aromatic heterocycles. The van der Waals surface area contributed by atoms with Crippen LogP contribution in [-0.2, 0) is 4.79 Å². The lowest BCUT2D eigenvalue weighted by Gasteiger charge is -2.27. The van der Waals surface area contributed by atoms with Crippen LogP contribution in [0.2, 0.25) is 5.02 Å². The van der Waals surface area contributed by atoms with Crippen molar-refractivity contribution in [3.8, 4) is 0 Å². The lowest BCUT2D eigenvalue weighted by atomic mass is 10.2. The first-order valence-corrected chi connectivity index (χ1v) is 7.47. The average Bonchev–Trinajstić information content (AvgIpc) is 2.48. The van der Waals surface area contributed by atoms with E-state index in [1.807, 2.05) is 0 Å². The Morgan fingerprint density at radius 2 is 2.05 bits per heavy atom. The Labute approximate surface area is 130 Å². The molecule has 1 aromatic carbocycles. The van der Waals surface area contributed by atoms with Gasteiger partial charge in [0.2, 0.25) is 5.91 Å². The van der Waals surface area contributed by atoms with Crippen molar-refractivity contribution < 1.29 is 9.59 Å². The van der Waals surface area contributed by atoms with Crippen molar-refractivity contribution in [2.24, 2.45) is 0 Å². The van der Waals surface area contributed by atoms with Gasteiger partial charge in [-0.25, -0.2) is 0 Å². The van der Waals surface area contributed by atoms with E-state index in [0.29, 0.717) is 28.1 Å². The summed E-state index contributed by atoms with van der Waals surface area (Å²) in [6.45, 7) is 2.97. The second kappa shape index (κ2) is 7.06. The molecule has 1 aromatic rings. The SMILES string of the molecule is O=C(NCC(=O)N1CCNCC1)c1ccc(Cl)c(Br)c1. The molecule has 1 aliphatic heterocycles. The van der Waals surface area contributed by atoms with E-state index in [4.69, 9.17) is 11.6 Å². The maximum absolute atomic E-state index is 11.9. The van der Waals surface area contributed by atoms with Crippen LogP contribution in [0.5, 0.6) is 0 Å². The van der Waals surface area contributed by atoms with Crippen molar-refractivity contribution in [3.63, 3.8) is 0 Å². The molecule has 1 heterocycles. The molecule has 108 valence electrons. The highest BCUT2D eigenvalue weighted by atomic mass is 79.9. The number of halogens is 2. The van der Waals surface area contributed by atoms with Crippen molar-refractivity contribution in [2.45, 2.75) is 0 Å². The summed E-state index contributed by atoms with van der Waals surface area (Å²) in [4.78, 5) is 25.6. The Hall–Kier alpha value is -1.11. The molecule has 0 bridgehead atoms. The molecule has 20 heavy (non-hydrogen) atoms. The molecule has 1 saturated heterocycles. The highest BCUT2D eigenvalue weighted by Gasteiger charge is 2.17. The average molecular weight is 361 g/mol. The zero-order valence-corrected chi connectivity index (χ0v) is 13.1. The van der Waals surface area contributed by atoms with Crippen LogP contribution in [0, 0.1) is 0 Å². The van der Waals surface area contributed by atoms with Crippen LogP contribution in [0.1, 0.15) is 10.4 Å². The van der Waals surface area contributed by atoms with Gasteiger partial charge in [0.05, 0.1) is 11.6 Å². The van der Waals surface area contributed by atoms with E-state index in [2.05, 4.69) is 26.6 Å². The number of nitrogens with zero attached hydrogens (tertiary/aromatic N) is 1. The molecule has 0 radical (unpaired) electrons. The molecule has 1 fully saturated rings. The molecule has 0 atom stereocenters. The first-order chi connectivity index (χ1) is 9.58. The van der Waals surface area contributed by atoms with Gasteiger partial charge in [-0.1, -0.05) is 11.6 Å². The molecule has 0 saturated carbocycles. The Balaban J connectivity index is 1.88. The van der Waals surface area contributed by atoms with Gasteiger partial charge in [0.1, 0.15) is 0 Å². The zero-order chi connectivity index (χ0) is 14.5. The fourth-order valence-corrected chi connectivity index (χ4v) is 2.42. The summed E-state index contributed by atoms with van der Waals surface area (Å²) in [5, 5.41) is 6.34. The summed E-state index contributed by atoms with van der Waals surface area (Å²) in [6.07, 6.45) is 0. The van der Waals surface area contributed by atoms with Crippen LogP contribution in [0.4, 0.5) is 0 Å². The summed E-state index contributed by atoms with van der Waals surface area (Å²) in [6, 6.07) is 4.89. The van der Waals surface area contributed by atoms with Crippen molar-refractivity contribution in [3.05, 3.63) is 33.3 Å². The fraction of sp³-hybridized carbons (Fsp3) is 0.385. The summed E-state index contributed by atoms with van der Waals surface area (Å²) < 4.78 is 0.653. The Morgan fingerprint density at radius 3 is 2.70 bits per heavy atom. The maximum atomic E-state index is 11.9. The normalized spacial score (nSPS) is 15.0. The van der Waals surface area contributed by atoms with Crippen LogP contribution in [0.15, 0.2) is 22.7 Å². The number of piperazine rings is 1. The molecule has 0 spiro atoms. The van der Waals surface area contributed by atoms with E-state index in [0.717, 1.165) is 13.1 Å². The zero-order valence-electron chi connectivity index (χ0n) is 10.8. The molecule has 5 nitrogen and oxygen atoms in total. The van der Waals surface area contributed by atoms with Crippen LogP contribution in [-0.4, -0.2) is 49.4 Å². The van der Waals surface area contributed by atoms with Crippen molar-refractivity contribution >= 4 is 39.3 Å². The van der Waals surface area contributed by atoms with E-state index >= 15 is 0 Å². The third kappa shape index (κ3) is 3.94. The number of amides is 2. The van der Waals surface area contributed by atoms with Gasteiger partial charge >= 0.3 is 0 Å². The van der Waals surface area contributed by atoms with Crippen LogP contribution >= 0.6 is 27.5 Å². The Bertz CT molecular complexity index is 518. The van der Waals surface area contributed by atoms with Crippen molar-refractivity contribution in [1.29, 1.82) is 0 Å². The minimum Gasteiger partial charge on any atom is -0.343 e. The van der Waals surface area contributed by atoms with E-state index in [1.54, 1.807) is 23.1 Å². The Morgan fingerprint density at radius 1 is 1.35 bits per heavy atom. The van der Waals surface area contributed by atoms with Crippen molar-refractivity contribution in [1.82, 2.24) is 15.5 Å². The summed E-state index contributed by atoms with van der Waals surface area (Å²) in [5.74, 6) is -0.348. The number of rotatable bonds is 3. The van der Waals surface area contributed by atoms with E-state index in [9.17, 15) is 9.59 Å². The smallest absolute Gasteiger partial charge is 0.251 e. The second-order valence-electron chi connectivity index (χ2n) is 4.44. The largest absolute Gasteiger partial charge is 0.343 e. The molecule has 2 amide bonds. The van der Waals surface area contributed by atoms with Gasteiger partial charge < -0.3 is 15.5 Å². The highest BCUT2D eigenvalue weighted by molar-refractivity contribution is 9.10. The van der Waals surface area contributed by atoms with Gasteiger partial charge in [0.15, 0.2) is 0 Å². The van der Waals surface area contributed by atoms with Gasteiger partial charge in [-0.3, -0.25) is 9.59 Å². The molecular formula is C13H15BrClN3O2. The quantitative estimate of drug-likeness (QED) is 0.853. The predicted molar refractivity (Wildman–Crippen MR) is 80.9 cm³/mol. The van der Waals surface area contributed by atoms with E-state index in [-0.39, 0.29) is 18.4 Å². The Kier molecular flexibility index (Phi) is 5.39. The lowest BCUT2D eigenvalue weighted by molar-refractivity contribution is -0.130. The first kappa shape index (κ1) is 15.3. The summed E-state index contributed by atoms with van der Waals surface area (Å²) in [5.41, 5.74) is 0.467. The number of carbonyl (C=O) groups is 2. The van der Waals surface area contributed by atoms with Gasteiger partial charge in [-0.15, -0.1) is 0 Å². The van der Waals surface area contributed by atoms with Gasteiger partial charge in [0.25, 0.3) is 5.91 Å². The number of carbonyl (C=O) groups excluding carboxylic acids is 2. The van der Waals surface area contributed by atoms with Crippen LogP contribution < -0.4 is 10.6 Å². The van der Waals surface area contributed by atoms with Crippen LogP contribution in [0.3, 0.4) is 0 Å². The molecule has 0 aliphatic carbocycles. The topological polar surface area (TPSA) is 61.4 Å². The summed E-state index contributed by atoms with van der Waals surface area (Å²) in [7, 11) is 0. The molecule has 7 heteroatoms.